The summed E-state index contributed by atoms with van der Waals surface area (Å²) in [6.07, 6.45) is 12.3. The van der Waals surface area contributed by atoms with E-state index in [1.54, 1.807) is 0 Å². The fourth-order valence-corrected chi connectivity index (χ4v) is 91.1. The van der Waals surface area contributed by atoms with Crippen LogP contribution >= 0.6 is 0 Å². The molecule has 0 aromatic carbocycles. The van der Waals surface area contributed by atoms with Gasteiger partial charge in [0.15, 0.2) is 0 Å². The minimum atomic E-state index is -2.93. The normalized spacial score (nSPS) is 39.1. The molecule has 46 heteroatoms. The second-order valence-corrected chi connectivity index (χ2v) is 85.3. The van der Waals surface area contributed by atoms with Crippen molar-refractivity contribution in [2.24, 2.45) is 0 Å². The van der Waals surface area contributed by atoms with Crippen LogP contribution in [0.25, 0.3) is 0 Å². The number of rotatable bonds is 62. The summed E-state index contributed by atoms with van der Waals surface area (Å²) in [7, 11) is -34.6. The molecule has 15 unspecified atom stereocenters. The Morgan fingerprint density at radius 2 is 0.274 bits per heavy atom. The van der Waals surface area contributed by atoms with Gasteiger partial charge in [0.2, 0.25) is 0 Å². The number of hydrogen-bond donors (Lipinski definition) is 0. The van der Waals surface area contributed by atoms with Crippen molar-refractivity contribution in [3.05, 3.63) is 0 Å². The molecule has 124 heavy (non-hydrogen) atoms. The van der Waals surface area contributed by atoms with Crippen LogP contribution in [0, 0.1) is 0 Å². The first-order valence-electron chi connectivity index (χ1n) is 47.1. The number of epoxide rings is 10. The molecule has 13 saturated heterocycles. The summed E-state index contributed by atoms with van der Waals surface area (Å²) >= 11 is 0. The minimum absolute atomic E-state index is 0.231. The molecule has 0 N–H and O–H groups in total. The van der Waals surface area contributed by atoms with Gasteiger partial charge in [0.25, 0.3) is 0 Å². The first kappa shape index (κ1) is 106. The van der Waals surface area contributed by atoms with Gasteiger partial charge in [-0.1, -0.05) is 13.3 Å². The van der Waals surface area contributed by atoms with Gasteiger partial charge in [-0.05, 0) is 229 Å². The fourth-order valence-electron chi connectivity index (χ4n) is 16.8. The van der Waals surface area contributed by atoms with Gasteiger partial charge in [-0.2, -0.15) is 0 Å². The van der Waals surface area contributed by atoms with Crippen LogP contribution in [0.3, 0.4) is 0 Å². The highest BCUT2D eigenvalue weighted by molar-refractivity contribution is 6.96. The zero-order valence-corrected chi connectivity index (χ0v) is 91.5. The maximum absolute atomic E-state index is 7.49. The topological polar surface area (TPSA) is 338 Å². The van der Waals surface area contributed by atoms with Crippen molar-refractivity contribution in [3.63, 3.8) is 0 Å². The molecule has 0 amide bonds. The summed E-state index contributed by atoms with van der Waals surface area (Å²) in [5, 5.41) is 0. The Morgan fingerprint density at radius 3 is 0.379 bits per heavy atom. The van der Waals surface area contributed by atoms with E-state index in [-0.39, 0.29) is 48.8 Å². The monoisotopic (exact) mass is 1990 g/mol. The standard InChI is InChI=1S/C35H70O15Si5.C23H48O10Si4.C20H44O8Si4/c1-51(16-6-11-36-21-31-26-41-31)46-52(2,17-7-12-37-22-32-27-42-32)48-54(4,19-9-14-39-24-34-29-44-34)50-55(5,20-10-15-40-25-35-30-45-35)49-53(3,47-51)18-8-13-38-23-33-28-43-33;1-34(2)30-35(3,12-6-9-24-15-21-18-27-21)32-37(5,14-8-11-26-17-23-20-29-23)33-36(4,31-34)13-7-10-25-16-22-19-28-22;1-7-12-30(4)25-29(2,3)26-31(5,13-8-10-21-15-19-17-23-19)28-32(6,27-30)14-9-11-22-16-20-18-24-20/h31-35H,6-30H2,1-5H3;21-23H,6-20H2,1-5H3;19-20H,7-18H2,1-6H3. The molecule has 0 aliphatic carbocycles. The van der Waals surface area contributed by atoms with Gasteiger partial charge in [0.05, 0.1) is 132 Å². The third kappa shape index (κ3) is 44.8. The largest absolute Gasteiger partial charge is 0.416 e. The first-order valence-corrected chi connectivity index (χ1v) is 80.5. The SMILES string of the molecule is CCC[Si]1(C)O[Si](C)(C)O[Si](C)(CCCOCC2CO2)O[Si](C)(CCCOCC2CO2)O1.C[Si]1(C)O[Si](C)(CCCOCC2CO2)O[Si](C)(CCCOCC2CO2)O[Si](C)(CCCOCC2CO2)O1.C[Si]1(CCCOCC2CO2)O[Si](C)(CCCOCC2CO2)O[Si](C)(CCCOCC2CO2)O[Si](C)(CCCOCC2CO2)O[Si](C)(CCCOCC2CO2)O1. The summed E-state index contributed by atoms with van der Waals surface area (Å²) in [6.45, 7) is 56.2. The zero-order valence-electron chi connectivity index (χ0n) is 78.5. The molecule has 0 aromatic rings. The van der Waals surface area contributed by atoms with E-state index < -0.39 is 111 Å². The summed E-state index contributed by atoms with van der Waals surface area (Å²) in [5.41, 5.74) is 0. The van der Waals surface area contributed by atoms with Gasteiger partial charge >= 0.3 is 111 Å². The Bertz CT molecular complexity index is 2780. The molecule has 13 fully saturated rings. The molecule has 13 aliphatic rings. The van der Waals surface area contributed by atoms with Crippen molar-refractivity contribution in [2.45, 2.75) is 303 Å². The maximum Gasteiger partial charge on any atom is 0.317 e. The Balaban J connectivity index is 0.000000190. The molecule has 33 nitrogen and oxygen atoms in total. The second-order valence-electron chi connectivity index (χ2n) is 38.7. The molecule has 0 bridgehead atoms. The van der Waals surface area contributed by atoms with Gasteiger partial charge < -0.3 is 148 Å². The summed E-state index contributed by atoms with van der Waals surface area (Å²) in [4.78, 5) is 0. The van der Waals surface area contributed by atoms with Crippen LogP contribution in [0.5, 0.6) is 0 Å². The second kappa shape index (κ2) is 50.2. The Morgan fingerprint density at radius 1 is 0.169 bits per heavy atom. The first-order chi connectivity index (χ1) is 59.0. The lowest BCUT2D eigenvalue weighted by Gasteiger charge is -2.50. The average molecular weight is 1990 g/mol. The molecular weight excluding hydrogens is 1830 g/mol. The summed E-state index contributed by atoms with van der Waals surface area (Å²) in [6, 6.07) is 9.15. The Hall–Kier alpha value is 1.50. The number of ether oxygens (including phenoxy) is 20. The molecular formula is C78H162O33Si13. The van der Waals surface area contributed by atoms with Gasteiger partial charge in [-0.15, -0.1) is 0 Å². The molecule has 13 rings (SSSR count). The molecule has 13 aliphatic heterocycles. The van der Waals surface area contributed by atoms with E-state index in [1.807, 2.05) is 0 Å². The zero-order chi connectivity index (χ0) is 88.4. The van der Waals surface area contributed by atoms with Crippen LogP contribution in [0.15, 0.2) is 0 Å². The van der Waals surface area contributed by atoms with E-state index >= 15 is 0 Å². The van der Waals surface area contributed by atoms with E-state index in [0.29, 0.717) is 144 Å². The maximum atomic E-state index is 7.49. The fraction of sp³-hybridized carbons (Fsp3) is 1.00. The predicted octanol–water partition coefficient (Wildman–Crippen LogP) is 11.9. The highest BCUT2D eigenvalue weighted by Crippen LogP contribution is 2.43. The van der Waals surface area contributed by atoms with Crippen LogP contribution in [-0.4, -0.2) is 371 Å². The third-order valence-electron chi connectivity index (χ3n) is 22.7. The molecule has 0 spiro atoms. The van der Waals surface area contributed by atoms with Crippen molar-refractivity contribution in [2.75, 3.05) is 198 Å². The lowest BCUT2D eigenvalue weighted by molar-refractivity contribution is 0.111. The van der Waals surface area contributed by atoms with Crippen LogP contribution in [0.1, 0.15) is 77.6 Å². The highest BCUT2D eigenvalue weighted by atomic mass is 28.5. The third-order valence-corrected chi connectivity index (χ3v) is 82.6. The van der Waals surface area contributed by atoms with Crippen LogP contribution in [-0.2, 0) is 148 Å². The lowest BCUT2D eigenvalue weighted by Crippen LogP contribution is -2.67. The van der Waals surface area contributed by atoms with Crippen molar-refractivity contribution in [3.8, 4) is 0 Å². The van der Waals surface area contributed by atoms with E-state index in [1.165, 1.54) is 0 Å². The average Bonchev–Trinajstić information content (AvgIpc) is 1.55. The van der Waals surface area contributed by atoms with Crippen LogP contribution in [0.4, 0.5) is 0 Å². The summed E-state index contributed by atoms with van der Waals surface area (Å²) < 4.78 is 205. The molecule has 13 heterocycles. The molecule has 0 radical (unpaired) electrons. The Kier molecular flexibility index (Phi) is 42.9. The van der Waals surface area contributed by atoms with Crippen LogP contribution in [0.2, 0.25) is 165 Å². The smallest absolute Gasteiger partial charge is 0.317 e. The predicted molar refractivity (Wildman–Crippen MR) is 492 cm³/mol. The molecule has 724 valence electrons. The summed E-state index contributed by atoms with van der Waals surface area (Å²) in [5.74, 6) is 0. The number of hydrogen-bond acceptors (Lipinski definition) is 33. The van der Waals surface area contributed by atoms with Crippen LogP contribution < -0.4 is 0 Å². The molecule has 0 saturated carbocycles. The molecule has 15 atom stereocenters. The van der Waals surface area contributed by atoms with Crippen molar-refractivity contribution >= 4 is 111 Å². The van der Waals surface area contributed by atoms with Gasteiger partial charge in [-0.3, -0.25) is 0 Å². The Labute approximate surface area is 756 Å². The van der Waals surface area contributed by atoms with E-state index in [9.17, 15) is 0 Å². The van der Waals surface area contributed by atoms with Crippen molar-refractivity contribution in [1.82, 2.24) is 0 Å². The van der Waals surface area contributed by atoms with Crippen molar-refractivity contribution in [1.29, 1.82) is 0 Å². The molecule has 0 aromatic heterocycles. The quantitative estimate of drug-likeness (QED) is 0.0310. The van der Waals surface area contributed by atoms with E-state index in [4.69, 9.17) is 148 Å². The van der Waals surface area contributed by atoms with Crippen molar-refractivity contribution < 1.29 is 148 Å². The van der Waals surface area contributed by atoms with Gasteiger partial charge in [-0.25, -0.2) is 0 Å². The van der Waals surface area contributed by atoms with E-state index in [0.717, 1.165) is 203 Å². The van der Waals surface area contributed by atoms with Gasteiger partial charge in [0.1, 0.15) is 61.0 Å². The van der Waals surface area contributed by atoms with E-state index in [2.05, 4.69) is 105 Å². The minimum Gasteiger partial charge on any atom is -0.416 e. The highest BCUT2D eigenvalue weighted by Gasteiger charge is 2.60. The van der Waals surface area contributed by atoms with Gasteiger partial charge in [0, 0.05) is 66.1 Å². The lowest BCUT2D eigenvalue weighted by atomic mass is 10.5.